The van der Waals surface area contributed by atoms with Crippen LogP contribution in [0.1, 0.15) is 36.0 Å². The van der Waals surface area contributed by atoms with Crippen LogP contribution in [0.3, 0.4) is 0 Å². The summed E-state index contributed by atoms with van der Waals surface area (Å²) in [7, 11) is 0. The highest BCUT2D eigenvalue weighted by molar-refractivity contribution is 7.15. The van der Waals surface area contributed by atoms with Crippen LogP contribution in [0.15, 0.2) is 29.6 Å². The molecule has 0 spiro atoms. The van der Waals surface area contributed by atoms with Gasteiger partial charge in [0, 0.05) is 17.4 Å². The van der Waals surface area contributed by atoms with Crippen molar-refractivity contribution in [2.24, 2.45) is 0 Å². The van der Waals surface area contributed by atoms with E-state index in [9.17, 15) is 4.79 Å². The lowest BCUT2D eigenvalue weighted by Crippen LogP contribution is -2.14. The second-order valence-electron chi connectivity index (χ2n) is 5.84. The number of hydrogen-bond donors (Lipinski definition) is 1. The second kappa shape index (κ2) is 8.31. The largest absolute Gasteiger partial charge is 0.300 e. The third-order valence-corrected chi connectivity index (χ3v) is 5.45. The van der Waals surface area contributed by atoms with Crippen LogP contribution in [0, 0.1) is 6.92 Å². The first-order valence-corrected chi connectivity index (χ1v) is 9.97. The van der Waals surface area contributed by atoms with Gasteiger partial charge in [-0.15, -0.1) is 21.5 Å². The molecule has 1 N–H and O–H groups in total. The summed E-state index contributed by atoms with van der Waals surface area (Å²) in [5.41, 5.74) is 3.05. The van der Waals surface area contributed by atoms with E-state index in [-0.39, 0.29) is 12.3 Å². The van der Waals surface area contributed by atoms with Gasteiger partial charge in [0.05, 0.1) is 12.1 Å². The Morgan fingerprint density at radius 3 is 2.96 bits per heavy atom. The summed E-state index contributed by atoms with van der Waals surface area (Å²) in [5, 5.41) is 15.3. The molecule has 0 unspecified atom stereocenters. The number of anilines is 1. The third-order valence-electron chi connectivity index (χ3n) is 3.62. The molecule has 3 rings (SSSR count). The molecule has 1 aromatic carbocycles. The van der Waals surface area contributed by atoms with Crippen molar-refractivity contribution in [3.8, 4) is 10.6 Å². The average Bonchev–Trinajstić information content (AvgIpc) is 3.22. The van der Waals surface area contributed by atoms with Crippen molar-refractivity contribution in [1.29, 1.82) is 0 Å². The van der Waals surface area contributed by atoms with Gasteiger partial charge in [0.2, 0.25) is 11.0 Å². The molecule has 0 radical (unpaired) electrons. The van der Waals surface area contributed by atoms with Gasteiger partial charge in [-0.05, 0) is 19.4 Å². The van der Waals surface area contributed by atoms with Crippen molar-refractivity contribution in [3.05, 3.63) is 45.9 Å². The van der Waals surface area contributed by atoms with Crippen molar-refractivity contribution >= 4 is 33.7 Å². The Hall–Kier alpha value is -2.12. The van der Waals surface area contributed by atoms with Crippen LogP contribution >= 0.6 is 22.7 Å². The van der Waals surface area contributed by atoms with Gasteiger partial charge in [-0.1, -0.05) is 48.4 Å². The molecule has 0 atom stereocenters. The van der Waals surface area contributed by atoms with E-state index in [0.29, 0.717) is 5.13 Å². The Labute approximate surface area is 155 Å². The summed E-state index contributed by atoms with van der Waals surface area (Å²) in [4.78, 5) is 16.8. The van der Waals surface area contributed by atoms with E-state index in [2.05, 4.69) is 46.5 Å². The predicted molar refractivity (Wildman–Crippen MR) is 103 cm³/mol. The fraction of sp³-hybridized carbons (Fsp3) is 0.333. The smallest absolute Gasteiger partial charge is 0.232 e. The van der Waals surface area contributed by atoms with E-state index in [4.69, 9.17) is 0 Å². The number of thiazole rings is 1. The van der Waals surface area contributed by atoms with Crippen molar-refractivity contribution < 1.29 is 4.79 Å². The van der Waals surface area contributed by atoms with Crippen molar-refractivity contribution in [1.82, 2.24) is 15.2 Å². The highest BCUT2D eigenvalue weighted by Gasteiger charge is 2.12. The summed E-state index contributed by atoms with van der Waals surface area (Å²) in [6.07, 6.45) is 3.36. The average molecular weight is 373 g/mol. The minimum atomic E-state index is -0.112. The molecule has 0 bridgehead atoms. The summed E-state index contributed by atoms with van der Waals surface area (Å²) < 4.78 is 0. The summed E-state index contributed by atoms with van der Waals surface area (Å²) in [6, 6.07) is 8.21. The van der Waals surface area contributed by atoms with E-state index < -0.39 is 0 Å². The molecule has 25 heavy (non-hydrogen) atoms. The number of benzene rings is 1. The van der Waals surface area contributed by atoms with Gasteiger partial charge in [-0.25, -0.2) is 4.98 Å². The molecular weight excluding hydrogens is 352 g/mol. The fourth-order valence-corrected chi connectivity index (χ4v) is 3.97. The molecule has 0 saturated carbocycles. The van der Waals surface area contributed by atoms with Gasteiger partial charge in [-0.2, -0.15) is 0 Å². The molecule has 5 nitrogen and oxygen atoms in total. The molecule has 0 aliphatic carbocycles. The SMILES string of the molecule is CCCCc1nnc(NC(=O)Cc2csc(-c3cccc(C)c3)n2)s1. The molecule has 0 aliphatic rings. The predicted octanol–water partition coefficient (Wildman–Crippen LogP) is 4.49. The fourth-order valence-electron chi connectivity index (χ4n) is 2.36. The maximum atomic E-state index is 12.2. The van der Waals surface area contributed by atoms with Crippen LogP contribution in [-0.4, -0.2) is 21.1 Å². The van der Waals surface area contributed by atoms with E-state index in [1.165, 1.54) is 16.9 Å². The Bertz CT molecular complexity index is 856. The molecule has 0 aliphatic heterocycles. The minimum absolute atomic E-state index is 0.112. The van der Waals surface area contributed by atoms with Crippen LogP contribution < -0.4 is 5.32 Å². The summed E-state index contributed by atoms with van der Waals surface area (Å²) in [6.45, 7) is 4.20. The molecule has 2 heterocycles. The maximum absolute atomic E-state index is 12.2. The molecule has 130 valence electrons. The molecule has 1 amide bonds. The number of hydrogen-bond acceptors (Lipinski definition) is 6. The number of rotatable bonds is 7. The monoisotopic (exact) mass is 372 g/mol. The van der Waals surface area contributed by atoms with Gasteiger partial charge in [0.25, 0.3) is 0 Å². The summed E-state index contributed by atoms with van der Waals surface area (Å²) >= 11 is 3.00. The minimum Gasteiger partial charge on any atom is -0.300 e. The normalized spacial score (nSPS) is 10.8. The number of carbonyl (C=O) groups excluding carboxylic acids is 1. The van der Waals surface area contributed by atoms with E-state index in [1.807, 2.05) is 17.5 Å². The van der Waals surface area contributed by atoms with E-state index in [0.717, 1.165) is 40.5 Å². The Balaban J connectivity index is 1.59. The highest BCUT2D eigenvalue weighted by atomic mass is 32.1. The molecular formula is C18H20N4OS2. The van der Waals surface area contributed by atoms with Crippen LogP contribution in [0.25, 0.3) is 10.6 Å². The number of nitrogens with one attached hydrogen (secondary N) is 1. The van der Waals surface area contributed by atoms with Gasteiger partial charge in [0.1, 0.15) is 10.0 Å². The quantitative estimate of drug-likeness (QED) is 0.663. The van der Waals surface area contributed by atoms with E-state index in [1.54, 1.807) is 11.3 Å². The number of unbranched alkanes of at least 4 members (excludes halogenated alkanes) is 1. The van der Waals surface area contributed by atoms with Crippen molar-refractivity contribution in [3.63, 3.8) is 0 Å². The zero-order valence-corrected chi connectivity index (χ0v) is 15.9. The Morgan fingerprint density at radius 2 is 2.16 bits per heavy atom. The van der Waals surface area contributed by atoms with Gasteiger partial charge in [-0.3, -0.25) is 4.79 Å². The summed E-state index contributed by atoms with van der Waals surface area (Å²) in [5.74, 6) is -0.112. The molecule has 0 fully saturated rings. The second-order valence-corrected chi connectivity index (χ2v) is 7.76. The van der Waals surface area contributed by atoms with Crippen molar-refractivity contribution in [2.45, 2.75) is 39.5 Å². The van der Waals surface area contributed by atoms with E-state index >= 15 is 0 Å². The first-order chi connectivity index (χ1) is 12.1. The number of carbonyl (C=O) groups is 1. The maximum Gasteiger partial charge on any atom is 0.232 e. The zero-order valence-electron chi connectivity index (χ0n) is 14.3. The highest BCUT2D eigenvalue weighted by Crippen LogP contribution is 2.25. The van der Waals surface area contributed by atoms with Gasteiger partial charge < -0.3 is 5.32 Å². The number of nitrogens with zero attached hydrogens (tertiary/aromatic N) is 3. The van der Waals surface area contributed by atoms with Gasteiger partial charge in [0.15, 0.2) is 0 Å². The first-order valence-electron chi connectivity index (χ1n) is 8.27. The lowest BCUT2D eigenvalue weighted by Gasteiger charge is -1.99. The third kappa shape index (κ3) is 4.93. The van der Waals surface area contributed by atoms with Crippen LogP contribution in [0.4, 0.5) is 5.13 Å². The number of aromatic nitrogens is 3. The van der Waals surface area contributed by atoms with Gasteiger partial charge >= 0.3 is 0 Å². The molecule has 0 saturated heterocycles. The van der Waals surface area contributed by atoms with Crippen LogP contribution in [0.5, 0.6) is 0 Å². The number of aryl methyl sites for hydroxylation is 2. The Morgan fingerprint density at radius 1 is 1.28 bits per heavy atom. The van der Waals surface area contributed by atoms with Crippen LogP contribution in [0.2, 0.25) is 0 Å². The standard InChI is InChI=1S/C18H20N4OS2/c1-3-4-8-16-21-22-18(25-16)20-15(23)10-14-11-24-17(19-14)13-7-5-6-12(2)9-13/h5-7,9,11H,3-4,8,10H2,1-2H3,(H,20,22,23). The first kappa shape index (κ1) is 17.7. The molecule has 2 aromatic heterocycles. The van der Waals surface area contributed by atoms with Crippen molar-refractivity contribution in [2.75, 3.05) is 5.32 Å². The lowest BCUT2D eigenvalue weighted by atomic mass is 10.1. The molecule has 7 heteroatoms. The number of amides is 1. The van der Waals surface area contributed by atoms with Crippen LogP contribution in [-0.2, 0) is 17.6 Å². The Kier molecular flexibility index (Phi) is 5.88. The zero-order chi connectivity index (χ0) is 17.6. The lowest BCUT2D eigenvalue weighted by molar-refractivity contribution is -0.115. The molecule has 3 aromatic rings. The topological polar surface area (TPSA) is 67.8 Å².